The predicted molar refractivity (Wildman–Crippen MR) is 130 cm³/mol. The Labute approximate surface area is 196 Å². The second-order valence-electron chi connectivity index (χ2n) is 7.50. The van der Waals surface area contributed by atoms with Crippen molar-refractivity contribution in [3.05, 3.63) is 88.2 Å². The molecule has 166 valence electrons. The minimum Gasteiger partial charge on any atom is -0.457 e. The van der Waals surface area contributed by atoms with E-state index < -0.39 is 0 Å². The van der Waals surface area contributed by atoms with Gasteiger partial charge in [-0.15, -0.1) is 0 Å². The summed E-state index contributed by atoms with van der Waals surface area (Å²) in [7, 11) is 3.96. The second kappa shape index (κ2) is 11.5. The van der Waals surface area contributed by atoms with Crippen molar-refractivity contribution >= 4 is 33.8 Å². The van der Waals surface area contributed by atoms with Gasteiger partial charge in [-0.25, -0.2) is 0 Å². The van der Waals surface area contributed by atoms with Crippen molar-refractivity contribution in [3.63, 3.8) is 0 Å². The number of hydrogen-bond donors (Lipinski definition) is 2. The SMILES string of the molecule is CN(C)CCCNC(=O)/C(=C\c1ccc(-c2ccc(Br)cc2)o1)NC(=O)c1ccccc1. The minimum absolute atomic E-state index is 0.125. The van der Waals surface area contributed by atoms with Gasteiger partial charge in [-0.05, 0) is 63.5 Å². The van der Waals surface area contributed by atoms with Crippen LogP contribution in [0.15, 0.2) is 81.3 Å². The number of furan rings is 1. The number of amides is 2. The Balaban J connectivity index is 1.79. The summed E-state index contributed by atoms with van der Waals surface area (Å²) < 4.78 is 6.88. The van der Waals surface area contributed by atoms with Crippen molar-refractivity contribution in [2.75, 3.05) is 27.2 Å². The molecule has 0 radical (unpaired) electrons. The first kappa shape index (κ1) is 23.5. The van der Waals surface area contributed by atoms with Crippen molar-refractivity contribution in [2.24, 2.45) is 0 Å². The minimum atomic E-state index is -0.366. The predicted octanol–water partition coefficient (Wildman–Crippen LogP) is 4.55. The number of nitrogens with one attached hydrogen (secondary N) is 2. The van der Waals surface area contributed by atoms with Crippen LogP contribution in [0.4, 0.5) is 0 Å². The molecule has 32 heavy (non-hydrogen) atoms. The lowest BCUT2D eigenvalue weighted by Crippen LogP contribution is -2.36. The maximum Gasteiger partial charge on any atom is 0.267 e. The third-order valence-electron chi connectivity index (χ3n) is 4.64. The van der Waals surface area contributed by atoms with Crippen LogP contribution in [0, 0.1) is 0 Å². The van der Waals surface area contributed by atoms with E-state index in [-0.39, 0.29) is 17.5 Å². The van der Waals surface area contributed by atoms with Gasteiger partial charge in [0.2, 0.25) is 0 Å². The number of halogens is 1. The zero-order valence-electron chi connectivity index (χ0n) is 18.1. The molecule has 0 saturated carbocycles. The van der Waals surface area contributed by atoms with E-state index in [0.717, 1.165) is 23.0 Å². The van der Waals surface area contributed by atoms with E-state index in [0.29, 0.717) is 23.6 Å². The summed E-state index contributed by atoms with van der Waals surface area (Å²) in [6.45, 7) is 1.35. The molecule has 3 rings (SSSR count). The lowest BCUT2D eigenvalue weighted by Gasteiger charge is -2.12. The third-order valence-corrected chi connectivity index (χ3v) is 5.17. The van der Waals surface area contributed by atoms with Gasteiger partial charge in [0, 0.05) is 28.2 Å². The molecule has 0 fully saturated rings. The van der Waals surface area contributed by atoms with Crippen LogP contribution in [0.5, 0.6) is 0 Å². The average molecular weight is 496 g/mol. The number of hydrogen-bond acceptors (Lipinski definition) is 4. The van der Waals surface area contributed by atoms with Crippen LogP contribution >= 0.6 is 15.9 Å². The number of rotatable bonds is 9. The molecule has 1 aromatic heterocycles. The van der Waals surface area contributed by atoms with E-state index >= 15 is 0 Å². The molecule has 2 amide bonds. The van der Waals surface area contributed by atoms with Gasteiger partial charge in [0.15, 0.2) is 0 Å². The molecule has 0 aliphatic rings. The zero-order chi connectivity index (χ0) is 22.9. The number of carbonyl (C=O) groups excluding carboxylic acids is 2. The van der Waals surface area contributed by atoms with E-state index in [2.05, 4.69) is 26.6 Å². The third kappa shape index (κ3) is 6.93. The van der Waals surface area contributed by atoms with Gasteiger partial charge in [-0.2, -0.15) is 0 Å². The van der Waals surface area contributed by atoms with Gasteiger partial charge < -0.3 is 20.0 Å². The van der Waals surface area contributed by atoms with Gasteiger partial charge in [-0.1, -0.05) is 46.3 Å². The number of nitrogens with zero attached hydrogens (tertiary/aromatic N) is 1. The van der Waals surface area contributed by atoms with Gasteiger partial charge in [0.05, 0.1) is 0 Å². The molecule has 0 spiro atoms. The van der Waals surface area contributed by atoms with Gasteiger partial charge in [0.25, 0.3) is 11.8 Å². The molecule has 0 aliphatic heterocycles. The maximum absolute atomic E-state index is 12.8. The fraction of sp³-hybridized carbons (Fsp3) is 0.200. The van der Waals surface area contributed by atoms with E-state index in [1.54, 1.807) is 36.4 Å². The molecule has 2 aromatic carbocycles. The Kier molecular flexibility index (Phi) is 8.41. The van der Waals surface area contributed by atoms with Gasteiger partial charge >= 0.3 is 0 Å². The standard InChI is InChI=1S/C25H26BrN3O3/c1-29(2)16-6-15-27-25(31)22(28-24(30)19-7-4-3-5-8-19)17-21-13-14-23(32-21)18-9-11-20(26)12-10-18/h3-5,7-14,17H,6,15-16H2,1-2H3,(H,27,31)(H,28,30)/b22-17+. The molecule has 1 heterocycles. The van der Waals surface area contributed by atoms with Crippen molar-refractivity contribution in [1.29, 1.82) is 0 Å². The quantitative estimate of drug-likeness (QED) is 0.337. The summed E-state index contributed by atoms with van der Waals surface area (Å²) in [5.41, 5.74) is 1.50. The number of carbonyl (C=O) groups is 2. The summed E-state index contributed by atoms with van der Waals surface area (Å²) in [5.74, 6) is 0.410. The first-order valence-corrected chi connectivity index (χ1v) is 11.1. The lowest BCUT2D eigenvalue weighted by atomic mass is 10.2. The highest BCUT2D eigenvalue weighted by atomic mass is 79.9. The van der Waals surface area contributed by atoms with E-state index in [9.17, 15) is 9.59 Å². The Bertz CT molecular complexity index is 1070. The maximum atomic E-state index is 12.8. The summed E-state index contributed by atoms with van der Waals surface area (Å²) in [4.78, 5) is 27.5. The van der Waals surface area contributed by atoms with E-state index in [4.69, 9.17) is 4.42 Å². The summed E-state index contributed by atoms with van der Waals surface area (Å²) in [6, 6.07) is 20.1. The fourth-order valence-corrected chi connectivity index (χ4v) is 3.24. The van der Waals surface area contributed by atoms with Crippen LogP contribution in [-0.4, -0.2) is 43.9 Å². The largest absolute Gasteiger partial charge is 0.457 e. The molecule has 6 nitrogen and oxygen atoms in total. The summed E-state index contributed by atoms with van der Waals surface area (Å²) >= 11 is 3.42. The Morgan fingerprint density at radius 1 is 1.00 bits per heavy atom. The molecule has 0 unspecified atom stereocenters. The zero-order valence-corrected chi connectivity index (χ0v) is 19.7. The van der Waals surface area contributed by atoms with E-state index in [1.807, 2.05) is 55.4 Å². The smallest absolute Gasteiger partial charge is 0.267 e. The monoisotopic (exact) mass is 495 g/mol. The molecule has 0 atom stereocenters. The molecule has 3 aromatic rings. The van der Waals surface area contributed by atoms with Crippen LogP contribution in [-0.2, 0) is 4.79 Å². The highest BCUT2D eigenvalue weighted by Gasteiger charge is 2.15. The average Bonchev–Trinajstić information content (AvgIpc) is 3.25. The molecular weight excluding hydrogens is 470 g/mol. The van der Waals surface area contributed by atoms with Gasteiger partial charge in [-0.3, -0.25) is 9.59 Å². The first-order chi connectivity index (χ1) is 15.4. The fourth-order valence-electron chi connectivity index (χ4n) is 2.98. The van der Waals surface area contributed by atoms with Crippen LogP contribution < -0.4 is 10.6 Å². The summed E-state index contributed by atoms with van der Waals surface area (Å²) in [5, 5.41) is 5.59. The summed E-state index contributed by atoms with van der Waals surface area (Å²) in [6.07, 6.45) is 2.34. The van der Waals surface area contributed by atoms with Crippen LogP contribution in [0.1, 0.15) is 22.5 Å². The Hall–Kier alpha value is -3.16. The van der Waals surface area contributed by atoms with Crippen molar-refractivity contribution < 1.29 is 14.0 Å². The Morgan fingerprint density at radius 3 is 2.41 bits per heavy atom. The molecule has 7 heteroatoms. The first-order valence-electron chi connectivity index (χ1n) is 10.3. The van der Waals surface area contributed by atoms with Gasteiger partial charge in [0.1, 0.15) is 17.2 Å². The number of benzene rings is 2. The molecule has 0 aliphatic carbocycles. The highest BCUT2D eigenvalue weighted by molar-refractivity contribution is 9.10. The molecule has 0 saturated heterocycles. The molecule has 2 N–H and O–H groups in total. The van der Waals surface area contributed by atoms with Crippen LogP contribution in [0.2, 0.25) is 0 Å². The normalized spacial score (nSPS) is 11.4. The highest BCUT2D eigenvalue weighted by Crippen LogP contribution is 2.25. The second-order valence-corrected chi connectivity index (χ2v) is 8.42. The lowest BCUT2D eigenvalue weighted by molar-refractivity contribution is -0.117. The molecule has 0 bridgehead atoms. The Morgan fingerprint density at radius 2 is 1.72 bits per heavy atom. The molecular formula is C25H26BrN3O3. The van der Waals surface area contributed by atoms with Crippen LogP contribution in [0.3, 0.4) is 0 Å². The van der Waals surface area contributed by atoms with Crippen molar-refractivity contribution in [1.82, 2.24) is 15.5 Å². The van der Waals surface area contributed by atoms with E-state index in [1.165, 1.54) is 0 Å². The van der Waals surface area contributed by atoms with Crippen LogP contribution in [0.25, 0.3) is 17.4 Å². The van der Waals surface area contributed by atoms with Crippen molar-refractivity contribution in [3.8, 4) is 11.3 Å². The topological polar surface area (TPSA) is 74.6 Å². The van der Waals surface area contributed by atoms with Crippen molar-refractivity contribution in [2.45, 2.75) is 6.42 Å².